The molecule has 1 amide bonds. The molecule has 19 heavy (non-hydrogen) atoms. The average Bonchev–Trinajstić information content (AvgIpc) is 2.92. The molecule has 5 heteroatoms. The first kappa shape index (κ1) is 14.8. The van der Waals surface area contributed by atoms with E-state index in [1.807, 2.05) is 11.8 Å². The van der Waals surface area contributed by atoms with E-state index in [2.05, 4.69) is 17.5 Å². The van der Waals surface area contributed by atoms with Crippen molar-refractivity contribution in [2.75, 3.05) is 19.0 Å². The summed E-state index contributed by atoms with van der Waals surface area (Å²) in [6, 6.07) is 4.33. The van der Waals surface area contributed by atoms with Crippen molar-refractivity contribution in [2.45, 2.75) is 38.3 Å². The lowest BCUT2D eigenvalue weighted by molar-refractivity contribution is -0.143. The highest BCUT2D eigenvalue weighted by molar-refractivity contribution is 7.09. The minimum absolute atomic E-state index is 0.0147. The fraction of sp³-hybridized carbons (Fsp3) is 0.643. The average molecular weight is 302 g/mol. The molecule has 1 fully saturated rings. The zero-order chi connectivity index (χ0) is 13.7. The van der Waals surface area contributed by atoms with Crippen molar-refractivity contribution in [3.05, 3.63) is 22.4 Å². The summed E-state index contributed by atoms with van der Waals surface area (Å²) in [6.45, 7) is 3.25. The van der Waals surface area contributed by atoms with E-state index in [0.29, 0.717) is 25.5 Å². The van der Waals surface area contributed by atoms with Gasteiger partial charge in [-0.3, -0.25) is 4.79 Å². The van der Waals surface area contributed by atoms with Crippen LogP contribution < -0.4 is 0 Å². The van der Waals surface area contributed by atoms with E-state index in [1.165, 1.54) is 4.88 Å². The van der Waals surface area contributed by atoms with Gasteiger partial charge in [-0.15, -0.1) is 22.9 Å². The first-order valence-corrected chi connectivity index (χ1v) is 8.11. The highest BCUT2D eigenvalue weighted by Gasteiger charge is 2.28. The summed E-state index contributed by atoms with van der Waals surface area (Å²) in [5.74, 6) is 0.675. The van der Waals surface area contributed by atoms with Gasteiger partial charge in [0.2, 0.25) is 5.91 Å². The van der Waals surface area contributed by atoms with Crippen LogP contribution in [-0.4, -0.2) is 42.0 Å². The molecular formula is C14H20ClNO2S. The molecule has 2 rings (SSSR count). The fourth-order valence-corrected chi connectivity index (χ4v) is 3.21. The Labute approximate surface area is 123 Å². The SMILES string of the molecule is CC1COC(CCl)CN1C(=O)CCCc1cccs1. The Hall–Kier alpha value is -0.580. The second-order valence-electron chi connectivity index (χ2n) is 4.94. The predicted molar refractivity (Wildman–Crippen MR) is 78.9 cm³/mol. The van der Waals surface area contributed by atoms with E-state index >= 15 is 0 Å². The van der Waals surface area contributed by atoms with Crippen LogP contribution in [0.2, 0.25) is 0 Å². The highest BCUT2D eigenvalue weighted by Crippen LogP contribution is 2.16. The van der Waals surface area contributed by atoms with Gasteiger partial charge in [0.1, 0.15) is 0 Å². The van der Waals surface area contributed by atoms with Crippen molar-refractivity contribution >= 4 is 28.8 Å². The Balaban J connectivity index is 1.78. The van der Waals surface area contributed by atoms with Crippen LogP contribution in [0.15, 0.2) is 17.5 Å². The third-order valence-corrected chi connectivity index (χ3v) is 4.67. The highest BCUT2D eigenvalue weighted by atomic mass is 35.5. The second-order valence-corrected chi connectivity index (χ2v) is 6.28. The predicted octanol–water partition coefficient (Wildman–Crippen LogP) is 2.93. The Morgan fingerprint density at radius 2 is 2.47 bits per heavy atom. The maximum absolute atomic E-state index is 12.2. The van der Waals surface area contributed by atoms with Gasteiger partial charge in [0, 0.05) is 17.8 Å². The summed E-state index contributed by atoms with van der Waals surface area (Å²) in [5.41, 5.74) is 0. The maximum Gasteiger partial charge on any atom is 0.222 e. The number of hydrogen-bond donors (Lipinski definition) is 0. The van der Waals surface area contributed by atoms with Crippen LogP contribution in [0, 0.1) is 0 Å². The van der Waals surface area contributed by atoms with E-state index in [9.17, 15) is 4.79 Å². The minimum Gasteiger partial charge on any atom is -0.373 e. The van der Waals surface area contributed by atoms with Crippen LogP contribution in [0.1, 0.15) is 24.6 Å². The molecule has 0 N–H and O–H groups in total. The third-order valence-electron chi connectivity index (χ3n) is 3.39. The van der Waals surface area contributed by atoms with Gasteiger partial charge in [-0.25, -0.2) is 0 Å². The molecule has 0 radical (unpaired) electrons. The quantitative estimate of drug-likeness (QED) is 0.783. The zero-order valence-electron chi connectivity index (χ0n) is 11.2. The van der Waals surface area contributed by atoms with Crippen LogP contribution in [0.3, 0.4) is 0 Å². The van der Waals surface area contributed by atoms with E-state index in [0.717, 1.165) is 12.8 Å². The van der Waals surface area contributed by atoms with Gasteiger partial charge in [0.15, 0.2) is 0 Å². The summed E-state index contributed by atoms with van der Waals surface area (Å²) >= 11 is 7.56. The molecule has 0 aromatic carbocycles. The van der Waals surface area contributed by atoms with E-state index in [4.69, 9.17) is 16.3 Å². The second kappa shape index (κ2) is 7.27. The monoisotopic (exact) mass is 301 g/mol. The number of nitrogens with zero attached hydrogens (tertiary/aromatic N) is 1. The summed E-state index contributed by atoms with van der Waals surface area (Å²) in [7, 11) is 0. The largest absolute Gasteiger partial charge is 0.373 e. The molecule has 2 unspecified atom stereocenters. The third kappa shape index (κ3) is 4.20. The number of carbonyl (C=O) groups excluding carboxylic acids is 1. The van der Waals surface area contributed by atoms with E-state index < -0.39 is 0 Å². The Morgan fingerprint density at radius 3 is 3.16 bits per heavy atom. The molecule has 1 aromatic heterocycles. The lowest BCUT2D eigenvalue weighted by Crippen LogP contribution is -2.51. The normalized spacial score (nSPS) is 23.6. The molecule has 2 heterocycles. The summed E-state index contributed by atoms with van der Waals surface area (Å²) in [5, 5.41) is 2.08. The molecular weight excluding hydrogens is 282 g/mol. The van der Waals surface area contributed by atoms with Gasteiger partial charge in [0.25, 0.3) is 0 Å². The molecule has 0 bridgehead atoms. The van der Waals surface area contributed by atoms with Gasteiger partial charge in [-0.1, -0.05) is 6.07 Å². The molecule has 0 spiro atoms. The Bertz CT molecular complexity index is 396. The van der Waals surface area contributed by atoms with Gasteiger partial charge in [-0.2, -0.15) is 0 Å². The van der Waals surface area contributed by atoms with Gasteiger partial charge in [-0.05, 0) is 31.2 Å². The number of hydrogen-bond acceptors (Lipinski definition) is 3. The molecule has 1 aliphatic heterocycles. The molecule has 1 aromatic rings. The number of aryl methyl sites for hydroxylation is 1. The Kier molecular flexibility index (Phi) is 5.67. The number of rotatable bonds is 5. The first-order valence-electron chi connectivity index (χ1n) is 6.70. The zero-order valence-corrected chi connectivity index (χ0v) is 12.8. The molecule has 0 aliphatic carbocycles. The first-order chi connectivity index (χ1) is 9.20. The smallest absolute Gasteiger partial charge is 0.222 e. The number of amides is 1. The van der Waals surface area contributed by atoms with Crippen LogP contribution in [-0.2, 0) is 16.0 Å². The number of thiophene rings is 1. The number of carbonyl (C=O) groups is 1. The topological polar surface area (TPSA) is 29.5 Å². The summed E-state index contributed by atoms with van der Waals surface area (Å²) in [4.78, 5) is 15.5. The molecule has 1 saturated heterocycles. The minimum atomic E-state index is -0.0147. The van der Waals surface area contributed by atoms with Crippen LogP contribution in [0.5, 0.6) is 0 Å². The van der Waals surface area contributed by atoms with Crippen molar-refractivity contribution in [2.24, 2.45) is 0 Å². The fourth-order valence-electron chi connectivity index (χ4n) is 2.27. The van der Waals surface area contributed by atoms with Crippen molar-refractivity contribution in [3.8, 4) is 0 Å². The maximum atomic E-state index is 12.2. The number of morpholine rings is 1. The van der Waals surface area contributed by atoms with Gasteiger partial charge < -0.3 is 9.64 Å². The van der Waals surface area contributed by atoms with E-state index in [1.54, 1.807) is 11.3 Å². The molecule has 0 saturated carbocycles. The van der Waals surface area contributed by atoms with Crippen molar-refractivity contribution in [3.63, 3.8) is 0 Å². The van der Waals surface area contributed by atoms with Crippen molar-refractivity contribution in [1.82, 2.24) is 4.90 Å². The molecule has 3 nitrogen and oxygen atoms in total. The number of halogens is 1. The molecule has 1 aliphatic rings. The standard InChI is InChI=1S/C14H20ClNO2S/c1-11-10-18-12(8-15)9-16(11)14(17)6-2-4-13-5-3-7-19-13/h3,5,7,11-12H,2,4,6,8-10H2,1H3. The number of ether oxygens (including phenoxy) is 1. The molecule has 2 atom stereocenters. The van der Waals surface area contributed by atoms with Gasteiger partial charge in [0.05, 0.1) is 24.6 Å². The van der Waals surface area contributed by atoms with Crippen LogP contribution in [0.25, 0.3) is 0 Å². The van der Waals surface area contributed by atoms with E-state index in [-0.39, 0.29) is 18.1 Å². The van der Waals surface area contributed by atoms with Crippen molar-refractivity contribution < 1.29 is 9.53 Å². The number of alkyl halides is 1. The molecule has 106 valence electrons. The summed E-state index contributed by atoms with van der Waals surface area (Å²) < 4.78 is 5.56. The van der Waals surface area contributed by atoms with Crippen LogP contribution >= 0.6 is 22.9 Å². The Morgan fingerprint density at radius 1 is 1.63 bits per heavy atom. The van der Waals surface area contributed by atoms with Crippen LogP contribution in [0.4, 0.5) is 0 Å². The lowest BCUT2D eigenvalue weighted by Gasteiger charge is -2.37. The summed E-state index contributed by atoms with van der Waals surface area (Å²) in [6.07, 6.45) is 2.49. The van der Waals surface area contributed by atoms with Crippen molar-refractivity contribution in [1.29, 1.82) is 0 Å². The lowest BCUT2D eigenvalue weighted by atomic mass is 10.1. The van der Waals surface area contributed by atoms with Gasteiger partial charge >= 0.3 is 0 Å².